The molecule has 1 aromatic heterocycles. The molecular weight excluding hydrogens is 234 g/mol. The van der Waals surface area contributed by atoms with Gasteiger partial charge in [-0.15, -0.1) is 0 Å². The SMILES string of the molecule is Cn1cc(CCNC(=O)C2(C(=O)O)CCC2)cn1. The molecule has 1 aliphatic rings. The molecule has 2 N–H and O–H groups in total. The third-order valence-corrected chi connectivity index (χ3v) is 3.51. The van der Waals surface area contributed by atoms with Crippen molar-refractivity contribution < 1.29 is 14.7 Å². The molecule has 0 bridgehead atoms. The van der Waals surface area contributed by atoms with Crippen LogP contribution >= 0.6 is 0 Å². The van der Waals surface area contributed by atoms with Gasteiger partial charge in [0.2, 0.25) is 5.91 Å². The molecule has 1 amide bonds. The Balaban J connectivity index is 1.83. The van der Waals surface area contributed by atoms with Crippen LogP contribution in [0.15, 0.2) is 12.4 Å². The number of carbonyl (C=O) groups is 2. The molecule has 0 saturated heterocycles. The maximum atomic E-state index is 11.9. The molecule has 98 valence electrons. The number of hydrogen-bond donors (Lipinski definition) is 2. The minimum atomic E-state index is -1.17. The maximum absolute atomic E-state index is 11.9. The Morgan fingerprint density at radius 3 is 2.72 bits per heavy atom. The van der Waals surface area contributed by atoms with E-state index in [2.05, 4.69) is 10.4 Å². The van der Waals surface area contributed by atoms with Crippen LogP contribution in [0.3, 0.4) is 0 Å². The average Bonchev–Trinajstić information content (AvgIpc) is 2.61. The van der Waals surface area contributed by atoms with Gasteiger partial charge >= 0.3 is 5.97 Å². The molecule has 1 aromatic rings. The fraction of sp³-hybridized carbons (Fsp3) is 0.583. The third kappa shape index (κ3) is 2.23. The molecule has 6 heteroatoms. The Labute approximate surface area is 105 Å². The first-order valence-electron chi connectivity index (χ1n) is 6.04. The van der Waals surface area contributed by atoms with Gasteiger partial charge in [-0.25, -0.2) is 0 Å². The molecule has 0 radical (unpaired) electrons. The number of rotatable bonds is 5. The van der Waals surface area contributed by atoms with Crippen molar-refractivity contribution in [2.45, 2.75) is 25.7 Å². The van der Waals surface area contributed by atoms with Crippen molar-refractivity contribution in [3.8, 4) is 0 Å². The van der Waals surface area contributed by atoms with Crippen LogP contribution in [0.2, 0.25) is 0 Å². The van der Waals surface area contributed by atoms with Crippen molar-refractivity contribution >= 4 is 11.9 Å². The molecule has 18 heavy (non-hydrogen) atoms. The number of carboxylic acid groups (broad SMARTS) is 1. The Morgan fingerprint density at radius 2 is 2.28 bits per heavy atom. The predicted octanol–water partition coefficient (Wildman–Crippen LogP) is 0.334. The van der Waals surface area contributed by atoms with Crippen LogP contribution in [0.25, 0.3) is 0 Å². The van der Waals surface area contributed by atoms with Crippen LogP contribution in [0, 0.1) is 5.41 Å². The Bertz CT molecular complexity index is 463. The number of amides is 1. The summed E-state index contributed by atoms with van der Waals surface area (Å²) in [5, 5.41) is 15.8. The highest BCUT2D eigenvalue weighted by Crippen LogP contribution is 2.41. The van der Waals surface area contributed by atoms with Crippen molar-refractivity contribution in [1.29, 1.82) is 0 Å². The van der Waals surface area contributed by atoms with Gasteiger partial charge in [0.15, 0.2) is 0 Å². The number of aromatic nitrogens is 2. The lowest BCUT2D eigenvalue weighted by molar-refractivity contribution is -0.162. The van der Waals surface area contributed by atoms with Gasteiger partial charge < -0.3 is 10.4 Å². The van der Waals surface area contributed by atoms with Gasteiger partial charge in [0.25, 0.3) is 0 Å². The van der Waals surface area contributed by atoms with Gasteiger partial charge in [-0.3, -0.25) is 14.3 Å². The van der Waals surface area contributed by atoms with Gasteiger partial charge in [0.05, 0.1) is 6.20 Å². The van der Waals surface area contributed by atoms with Crippen molar-refractivity contribution in [2.24, 2.45) is 12.5 Å². The summed E-state index contributed by atoms with van der Waals surface area (Å²) in [5.41, 5.74) is -0.148. The molecule has 2 rings (SSSR count). The molecule has 1 aliphatic carbocycles. The molecule has 0 unspecified atom stereocenters. The molecule has 0 spiro atoms. The number of carboxylic acids is 1. The summed E-state index contributed by atoms with van der Waals surface area (Å²) < 4.78 is 1.70. The molecule has 0 aliphatic heterocycles. The van der Waals surface area contributed by atoms with Crippen molar-refractivity contribution in [3.63, 3.8) is 0 Å². The van der Waals surface area contributed by atoms with Crippen molar-refractivity contribution in [1.82, 2.24) is 15.1 Å². The molecule has 1 saturated carbocycles. The second-order valence-corrected chi connectivity index (χ2v) is 4.77. The van der Waals surface area contributed by atoms with Gasteiger partial charge in [0.1, 0.15) is 5.41 Å². The Hall–Kier alpha value is -1.85. The van der Waals surface area contributed by atoms with E-state index in [0.29, 0.717) is 25.8 Å². The first-order chi connectivity index (χ1) is 8.54. The molecule has 0 aromatic carbocycles. The van der Waals surface area contributed by atoms with E-state index in [1.165, 1.54) is 0 Å². The zero-order valence-electron chi connectivity index (χ0n) is 10.3. The molecule has 6 nitrogen and oxygen atoms in total. The van der Waals surface area contributed by atoms with Crippen LogP contribution in [-0.2, 0) is 23.1 Å². The topological polar surface area (TPSA) is 84.2 Å². The smallest absolute Gasteiger partial charge is 0.319 e. The van der Waals surface area contributed by atoms with Crippen LogP contribution < -0.4 is 5.32 Å². The lowest BCUT2D eigenvalue weighted by Gasteiger charge is -2.35. The molecule has 0 atom stereocenters. The fourth-order valence-electron chi connectivity index (χ4n) is 2.16. The zero-order chi connectivity index (χ0) is 13.2. The second kappa shape index (κ2) is 4.80. The monoisotopic (exact) mass is 251 g/mol. The van der Waals surface area contributed by atoms with E-state index >= 15 is 0 Å². The first kappa shape index (κ1) is 12.6. The summed E-state index contributed by atoms with van der Waals surface area (Å²) in [6.07, 6.45) is 5.98. The second-order valence-electron chi connectivity index (χ2n) is 4.77. The summed E-state index contributed by atoms with van der Waals surface area (Å²) in [5.74, 6) is -1.36. The average molecular weight is 251 g/mol. The van der Waals surface area contributed by atoms with E-state index in [1.54, 1.807) is 10.9 Å². The van der Waals surface area contributed by atoms with E-state index in [0.717, 1.165) is 12.0 Å². The summed E-state index contributed by atoms with van der Waals surface area (Å²) in [6.45, 7) is 0.444. The van der Waals surface area contributed by atoms with Crippen molar-refractivity contribution in [3.05, 3.63) is 18.0 Å². The summed E-state index contributed by atoms with van der Waals surface area (Å²) in [4.78, 5) is 23.0. The van der Waals surface area contributed by atoms with Crippen LogP contribution in [0.1, 0.15) is 24.8 Å². The minimum absolute atomic E-state index is 0.356. The van der Waals surface area contributed by atoms with E-state index in [9.17, 15) is 9.59 Å². The highest BCUT2D eigenvalue weighted by atomic mass is 16.4. The molecule has 1 heterocycles. The number of hydrogen-bond acceptors (Lipinski definition) is 3. The van der Waals surface area contributed by atoms with Gasteiger partial charge in [0, 0.05) is 19.8 Å². The number of nitrogens with zero attached hydrogens (tertiary/aromatic N) is 2. The van der Waals surface area contributed by atoms with Crippen LogP contribution in [0.5, 0.6) is 0 Å². The zero-order valence-corrected chi connectivity index (χ0v) is 10.3. The number of carbonyl (C=O) groups excluding carboxylic acids is 1. The first-order valence-corrected chi connectivity index (χ1v) is 6.04. The fourth-order valence-corrected chi connectivity index (χ4v) is 2.16. The lowest BCUT2D eigenvalue weighted by atomic mass is 9.68. The normalized spacial score (nSPS) is 16.9. The highest BCUT2D eigenvalue weighted by Gasteiger charge is 2.50. The van der Waals surface area contributed by atoms with E-state index in [4.69, 9.17) is 5.11 Å². The maximum Gasteiger partial charge on any atom is 0.319 e. The predicted molar refractivity (Wildman–Crippen MR) is 63.8 cm³/mol. The number of nitrogens with one attached hydrogen (secondary N) is 1. The van der Waals surface area contributed by atoms with Gasteiger partial charge in [-0.05, 0) is 24.8 Å². The Kier molecular flexibility index (Phi) is 3.36. The molecular formula is C12H17N3O3. The van der Waals surface area contributed by atoms with E-state index < -0.39 is 11.4 Å². The third-order valence-electron chi connectivity index (χ3n) is 3.51. The summed E-state index contributed by atoms with van der Waals surface area (Å²) >= 11 is 0. The van der Waals surface area contributed by atoms with E-state index in [-0.39, 0.29) is 5.91 Å². The number of aryl methyl sites for hydroxylation is 1. The minimum Gasteiger partial charge on any atom is -0.480 e. The summed E-state index contributed by atoms with van der Waals surface area (Å²) in [6, 6.07) is 0. The number of aliphatic carboxylic acids is 1. The van der Waals surface area contributed by atoms with E-state index in [1.807, 2.05) is 13.2 Å². The van der Waals surface area contributed by atoms with Gasteiger partial charge in [-0.2, -0.15) is 5.10 Å². The summed E-state index contributed by atoms with van der Waals surface area (Å²) in [7, 11) is 1.83. The Morgan fingerprint density at radius 1 is 1.56 bits per heavy atom. The quantitative estimate of drug-likeness (QED) is 0.739. The van der Waals surface area contributed by atoms with Crippen LogP contribution in [0.4, 0.5) is 0 Å². The largest absolute Gasteiger partial charge is 0.480 e. The standard InChI is InChI=1S/C12H17N3O3/c1-15-8-9(7-14-15)3-6-13-10(16)12(11(17)18)4-2-5-12/h7-8H,2-6H2,1H3,(H,13,16)(H,17,18). The molecule has 1 fully saturated rings. The van der Waals surface area contributed by atoms with Crippen LogP contribution in [-0.4, -0.2) is 33.3 Å². The van der Waals surface area contributed by atoms with Crippen molar-refractivity contribution in [2.75, 3.05) is 6.54 Å². The lowest BCUT2D eigenvalue weighted by Crippen LogP contribution is -2.51. The van der Waals surface area contributed by atoms with Gasteiger partial charge in [-0.1, -0.05) is 6.42 Å². The highest BCUT2D eigenvalue weighted by molar-refractivity contribution is 6.02.